The third-order valence-corrected chi connectivity index (χ3v) is 5.02. The molecule has 20 heavy (non-hydrogen) atoms. The third kappa shape index (κ3) is 3.33. The van der Waals surface area contributed by atoms with Gasteiger partial charge in [0, 0.05) is 10.9 Å². The molecule has 1 fully saturated rings. The molecule has 2 aromatic rings. The van der Waals surface area contributed by atoms with Gasteiger partial charge in [0.2, 0.25) is 5.89 Å². The summed E-state index contributed by atoms with van der Waals surface area (Å²) in [5.74, 6) is 2.29. The molecule has 2 N–H and O–H groups in total. The zero-order chi connectivity index (χ0) is 13.8. The van der Waals surface area contributed by atoms with Gasteiger partial charge in [-0.05, 0) is 24.5 Å². The largest absolute Gasteiger partial charge is 0.398 e. The quantitative estimate of drug-likeness (QED) is 0.854. The van der Waals surface area contributed by atoms with Crippen molar-refractivity contribution in [3.63, 3.8) is 0 Å². The van der Waals surface area contributed by atoms with Crippen LogP contribution < -0.4 is 5.73 Å². The van der Waals surface area contributed by atoms with E-state index in [-0.39, 0.29) is 0 Å². The number of nitrogens with zero attached hydrogens (tertiary/aromatic N) is 2. The van der Waals surface area contributed by atoms with Gasteiger partial charge in [0.25, 0.3) is 0 Å². The second-order valence-electron chi connectivity index (χ2n) is 5.20. The summed E-state index contributed by atoms with van der Waals surface area (Å²) in [5.41, 5.74) is 7.73. The van der Waals surface area contributed by atoms with Gasteiger partial charge in [0.1, 0.15) is 0 Å². The molecule has 0 bridgehead atoms. The number of rotatable bonds is 5. The zero-order valence-corrected chi connectivity index (χ0v) is 12.2. The summed E-state index contributed by atoms with van der Waals surface area (Å²) in [6, 6.07) is 7.78. The van der Waals surface area contributed by atoms with E-state index in [9.17, 15) is 0 Å². The maximum absolute atomic E-state index is 5.92. The van der Waals surface area contributed by atoms with Crippen molar-refractivity contribution in [1.29, 1.82) is 0 Å². The van der Waals surface area contributed by atoms with E-state index in [1.165, 1.54) is 25.7 Å². The minimum absolute atomic E-state index is 0.605. The highest BCUT2D eigenvalue weighted by Gasteiger charge is 2.17. The first-order valence-corrected chi connectivity index (χ1v) is 8.12. The predicted molar refractivity (Wildman–Crippen MR) is 81.5 cm³/mol. The van der Waals surface area contributed by atoms with Crippen molar-refractivity contribution in [1.82, 2.24) is 10.1 Å². The Morgan fingerprint density at radius 2 is 2.05 bits per heavy atom. The van der Waals surface area contributed by atoms with E-state index in [1.54, 1.807) is 0 Å². The fourth-order valence-electron chi connectivity index (χ4n) is 2.53. The summed E-state index contributed by atoms with van der Waals surface area (Å²) < 4.78 is 5.31. The third-order valence-electron chi connectivity index (χ3n) is 3.66. The maximum atomic E-state index is 5.92. The molecule has 1 aliphatic rings. The van der Waals surface area contributed by atoms with Gasteiger partial charge in [-0.3, -0.25) is 0 Å². The fraction of sp³-hybridized carbons (Fsp3) is 0.467. The Hall–Kier alpha value is -1.49. The van der Waals surface area contributed by atoms with Crippen LogP contribution >= 0.6 is 11.8 Å². The van der Waals surface area contributed by atoms with Gasteiger partial charge < -0.3 is 10.3 Å². The predicted octanol–water partition coefficient (Wildman–Crippen LogP) is 3.42. The van der Waals surface area contributed by atoms with E-state index in [4.69, 9.17) is 10.3 Å². The summed E-state index contributed by atoms with van der Waals surface area (Å²) in [5, 5.41) is 4.83. The molecule has 1 saturated carbocycles. The van der Waals surface area contributed by atoms with E-state index in [0.717, 1.165) is 28.1 Å². The van der Waals surface area contributed by atoms with E-state index >= 15 is 0 Å². The number of nitrogens with two attached hydrogens (primary N) is 1. The minimum Gasteiger partial charge on any atom is -0.398 e. The maximum Gasteiger partial charge on any atom is 0.231 e. The number of thioether (sulfide) groups is 1. The van der Waals surface area contributed by atoms with Crippen molar-refractivity contribution >= 4 is 17.4 Å². The zero-order valence-electron chi connectivity index (χ0n) is 11.4. The van der Waals surface area contributed by atoms with E-state index in [1.807, 2.05) is 36.0 Å². The molecule has 0 atom stereocenters. The fourth-order valence-corrected chi connectivity index (χ4v) is 3.69. The average molecular weight is 289 g/mol. The summed E-state index contributed by atoms with van der Waals surface area (Å²) in [4.78, 5) is 4.45. The Labute approximate surface area is 123 Å². The number of anilines is 1. The summed E-state index contributed by atoms with van der Waals surface area (Å²) in [7, 11) is 0. The van der Waals surface area contributed by atoms with E-state index in [0.29, 0.717) is 12.3 Å². The van der Waals surface area contributed by atoms with E-state index < -0.39 is 0 Å². The molecule has 3 rings (SSSR count). The van der Waals surface area contributed by atoms with Crippen molar-refractivity contribution in [3.8, 4) is 0 Å². The molecular weight excluding hydrogens is 270 g/mol. The molecule has 4 nitrogen and oxygen atoms in total. The van der Waals surface area contributed by atoms with Crippen LogP contribution in [0.1, 0.15) is 43.0 Å². The van der Waals surface area contributed by atoms with Gasteiger partial charge >= 0.3 is 0 Å². The van der Waals surface area contributed by atoms with Crippen LogP contribution in [0.4, 0.5) is 5.69 Å². The van der Waals surface area contributed by atoms with Gasteiger partial charge in [-0.25, -0.2) is 0 Å². The van der Waals surface area contributed by atoms with Crippen LogP contribution in [0.5, 0.6) is 0 Å². The second kappa shape index (κ2) is 6.31. The first kappa shape index (κ1) is 13.5. The number of hydrogen-bond acceptors (Lipinski definition) is 5. The average Bonchev–Trinajstić information content (AvgIpc) is 3.10. The molecule has 0 spiro atoms. The first-order chi connectivity index (χ1) is 9.81. The highest BCUT2D eigenvalue weighted by molar-refractivity contribution is 7.99. The van der Waals surface area contributed by atoms with Crippen molar-refractivity contribution in [2.45, 2.75) is 43.1 Å². The minimum atomic E-state index is 0.605. The second-order valence-corrected chi connectivity index (χ2v) is 6.49. The highest BCUT2D eigenvalue weighted by atomic mass is 32.2. The molecule has 0 aliphatic heterocycles. The number of hydrogen-bond donors (Lipinski definition) is 1. The van der Waals surface area contributed by atoms with Crippen LogP contribution in [0.15, 0.2) is 28.8 Å². The molecule has 1 aromatic carbocycles. The van der Waals surface area contributed by atoms with Crippen molar-refractivity contribution in [2.24, 2.45) is 0 Å². The molecule has 5 heteroatoms. The van der Waals surface area contributed by atoms with Crippen molar-refractivity contribution in [2.75, 3.05) is 5.73 Å². The number of para-hydroxylation sites is 1. The Morgan fingerprint density at radius 1 is 1.25 bits per heavy atom. The lowest BCUT2D eigenvalue weighted by Gasteiger charge is -2.04. The Morgan fingerprint density at radius 3 is 2.85 bits per heavy atom. The number of nitrogen functional groups attached to an aromatic ring is 1. The molecule has 1 aromatic heterocycles. The SMILES string of the molecule is Nc1ccccc1Cc1nc(CSC2CCCC2)no1. The Kier molecular flexibility index (Phi) is 4.25. The van der Waals surface area contributed by atoms with Crippen LogP contribution in [-0.4, -0.2) is 15.4 Å². The lowest BCUT2D eigenvalue weighted by molar-refractivity contribution is 0.381. The first-order valence-electron chi connectivity index (χ1n) is 7.08. The van der Waals surface area contributed by atoms with Gasteiger partial charge in [-0.15, -0.1) is 0 Å². The van der Waals surface area contributed by atoms with Crippen LogP contribution in [0.2, 0.25) is 0 Å². The standard InChI is InChI=1S/C15H19N3OS/c16-13-8-4-1-5-11(13)9-15-17-14(18-19-15)10-20-12-6-2-3-7-12/h1,4-5,8,12H,2-3,6-7,9-10,16H2. The van der Waals surface area contributed by atoms with Crippen LogP contribution in [0.3, 0.4) is 0 Å². The van der Waals surface area contributed by atoms with Gasteiger partial charge in [0.05, 0.1) is 12.2 Å². The molecule has 1 heterocycles. The topological polar surface area (TPSA) is 64.9 Å². The molecular formula is C15H19N3OS. The monoisotopic (exact) mass is 289 g/mol. The number of benzene rings is 1. The molecule has 0 amide bonds. The molecule has 0 saturated heterocycles. The van der Waals surface area contributed by atoms with Crippen molar-refractivity contribution < 1.29 is 4.52 Å². The van der Waals surface area contributed by atoms with E-state index in [2.05, 4.69) is 10.1 Å². The van der Waals surface area contributed by atoms with Crippen molar-refractivity contribution in [3.05, 3.63) is 41.5 Å². The molecule has 0 radical (unpaired) electrons. The summed E-state index contributed by atoms with van der Waals surface area (Å²) in [6.45, 7) is 0. The van der Waals surface area contributed by atoms with Gasteiger partial charge in [-0.2, -0.15) is 16.7 Å². The summed E-state index contributed by atoms with van der Waals surface area (Å²) >= 11 is 1.95. The summed E-state index contributed by atoms with van der Waals surface area (Å²) in [6.07, 6.45) is 5.99. The van der Waals surface area contributed by atoms with Gasteiger partial charge in [-0.1, -0.05) is 36.2 Å². The van der Waals surface area contributed by atoms with Crippen LogP contribution in [-0.2, 0) is 12.2 Å². The molecule has 0 unspecified atom stereocenters. The number of aromatic nitrogens is 2. The van der Waals surface area contributed by atoms with Crippen LogP contribution in [0.25, 0.3) is 0 Å². The highest BCUT2D eigenvalue weighted by Crippen LogP contribution is 2.31. The normalized spacial score (nSPS) is 15.8. The lowest BCUT2D eigenvalue weighted by Crippen LogP contribution is -1.97. The lowest BCUT2D eigenvalue weighted by atomic mass is 10.1. The Bertz CT molecular complexity index is 564. The smallest absolute Gasteiger partial charge is 0.231 e. The molecule has 1 aliphatic carbocycles. The van der Waals surface area contributed by atoms with Gasteiger partial charge in [0.15, 0.2) is 5.82 Å². The molecule has 106 valence electrons. The van der Waals surface area contributed by atoms with Crippen LogP contribution in [0, 0.1) is 0 Å². The Balaban J connectivity index is 1.57.